The molecule has 0 aliphatic carbocycles. The molecule has 0 aromatic heterocycles. The number of ether oxygens (including phenoxy) is 1. The molecule has 0 aromatic rings. The molecule has 1 heterocycles. The Hall–Kier alpha value is -0.590. The molecule has 0 unspecified atom stereocenters. The molecular formula is C7H12N2O. The number of rotatable bonds is 2. The largest absolute Gasteiger partial charge is 0.383 e. The van der Waals surface area contributed by atoms with Crippen LogP contribution >= 0.6 is 0 Å². The molecule has 1 N–H and O–H groups in total. The van der Waals surface area contributed by atoms with Crippen molar-refractivity contribution >= 4 is 0 Å². The van der Waals surface area contributed by atoms with Crippen LogP contribution in [0.25, 0.3) is 0 Å². The summed E-state index contributed by atoms with van der Waals surface area (Å²) in [6.07, 6.45) is 0.935. The van der Waals surface area contributed by atoms with Gasteiger partial charge in [-0.15, -0.1) is 0 Å². The van der Waals surface area contributed by atoms with Crippen LogP contribution in [-0.2, 0) is 4.74 Å². The minimum absolute atomic E-state index is 0.195. The van der Waals surface area contributed by atoms with Crippen molar-refractivity contribution in [1.82, 2.24) is 5.32 Å². The van der Waals surface area contributed by atoms with Crippen molar-refractivity contribution in [3.05, 3.63) is 0 Å². The smallest absolute Gasteiger partial charge is 0.0669 e. The second-order valence-electron chi connectivity index (χ2n) is 2.62. The van der Waals surface area contributed by atoms with E-state index in [1.807, 2.05) is 0 Å². The summed E-state index contributed by atoms with van der Waals surface area (Å²) in [6, 6.07) is 2.63. The molecule has 0 amide bonds. The first-order valence-corrected chi connectivity index (χ1v) is 3.48. The maximum atomic E-state index is 8.52. The van der Waals surface area contributed by atoms with Crippen molar-refractivity contribution in [2.45, 2.75) is 12.5 Å². The molecule has 1 aliphatic rings. The molecule has 3 heteroatoms. The van der Waals surface area contributed by atoms with Crippen LogP contribution in [0.2, 0.25) is 0 Å². The minimum Gasteiger partial charge on any atom is -0.383 e. The van der Waals surface area contributed by atoms with E-state index in [0.717, 1.165) is 19.6 Å². The first kappa shape index (κ1) is 7.52. The van der Waals surface area contributed by atoms with Crippen LogP contribution in [0.5, 0.6) is 0 Å². The number of methoxy groups -OCH3 is 1. The van der Waals surface area contributed by atoms with E-state index in [1.165, 1.54) is 0 Å². The van der Waals surface area contributed by atoms with E-state index in [1.54, 1.807) is 7.11 Å². The molecule has 0 radical (unpaired) electrons. The Morgan fingerprint density at radius 1 is 1.80 bits per heavy atom. The van der Waals surface area contributed by atoms with Crippen molar-refractivity contribution in [3.63, 3.8) is 0 Å². The summed E-state index contributed by atoms with van der Waals surface area (Å²) < 4.78 is 4.95. The summed E-state index contributed by atoms with van der Waals surface area (Å²) in [4.78, 5) is 0. The van der Waals surface area contributed by atoms with E-state index in [-0.39, 0.29) is 5.92 Å². The molecule has 0 spiro atoms. The number of hydrogen-bond acceptors (Lipinski definition) is 3. The van der Waals surface area contributed by atoms with Gasteiger partial charge in [0.2, 0.25) is 0 Å². The summed E-state index contributed by atoms with van der Waals surface area (Å²) >= 11 is 0. The van der Waals surface area contributed by atoms with Crippen LogP contribution in [0, 0.1) is 17.2 Å². The normalized spacial score (nSPS) is 32.0. The van der Waals surface area contributed by atoms with Gasteiger partial charge < -0.3 is 10.1 Å². The van der Waals surface area contributed by atoms with Gasteiger partial charge in [0.05, 0.1) is 18.6 Å². The van der Waals surface area contributed by atoms with Gasteiger partial charge in [-0.05, 0) is 6.42 Å². The molecule has 0 aromatic carbocycles. The highest BCUT2D eigenvalue weighted by molar-refractivity contribution is 4.93. The molecule has 2 atom stereocenters. The van der Waals surface area contributed by atoms with Crippen LogP contribution in [0.15, 0.2) is 0 Å². The number of hydrogen-bond donors (Lipinski definition) is 1. The first-order chi connectivity index (χ1) is 4.86. The van der Waals surface area contributed by atoms with Gasteiger partial charge in [-0.1, -0.05) is 0 Å². The third kappa shape index (κ3) is 1.69. The maximum Gasteiger partial charge on any atom is 0.0669 e. The average molecular weight is 140 g/mol. The van der Waals surface area contributed by atoms with Gasteiger partial charge in [-0.2, -0.15) is 5.26 Å². The number of nitrogens with one attached hydrogen (secondary N) is 1. The minimum atomic E-state index is 0.195. The third-order valence-electron chi connectivity index (χ3n) is 1.77. The first-order valence-electron chi connectivity index (χ1n) is 3.48. The lowest BCUT2D eigenvalue weighted by Gasteiger charge is -2.06. The fourth-order valence-electron chi connectivity index (χ4n) is 1.25. The number of nitrogens with zero attached hydrogens (tertiary/aromatic N) is 1. The van der Waals surface area contributed by atoms with Crippen LogP contribution < -0.4 is 5.32 Å². The van der Waals surface area contributed by atoms with Crippen molar-refractivity contribution in [1.29, 1.82) is 5.26 Å². The Bertz CT molecular complexity index is 141. The van der Waals surface area contributed by atoms with Crippen molar-refractivity contribution in [2.75, 3.05) is 20.3 Å². The summed E-state index contributed by atoms with van der Waals surface area (Å²) in [5.41, 5.74) is 0. The molecular weight excluding hydrogens is 128 g/mol. The predicted octanol–water partition coefficient (Wildman–Crippen LogP) is 0.134. The zero-order chi connectivity index (χ0) is 7.40. The summed E-state index contributed by atoms with van der Waals surface area (Å²) in [7, 11) is 1.68. The molecule has 10 heavy (non-hydrogen) atoms. The van der Waals surface area contributed by atoms with Crippen LogP contribution in [0.1, 0.15) is 6.42 Å². The van der Waals surface area contributed by atoms with Gasteiger partial charge in [0.25, 0.3) is 0 Å². The lowest BCUT2D eigenvalue weighted by Crippen LogP contribution is -2.25. The predicted molar refractivity (Wildman–Crippen MR) is 37.4 cm³/mol. The lowest BCUT2D eigenvalue weighted by atomic mass is 10.1. The Balaban J connectivity index is 2.23. The van der Waals surface area contributed by atoms with Gasteiger partial charge >= 0.3 is 0 Å². The van der Waals surface area contributed by atoms with E-state index >= 15 is 0 Å². The SMILES string of the molecule is COC[C@@H]1C[C@@H](C#N)CN1. The second-order valence-corrected chi connectivity index (χ2v) is 2.62. The van der Waals surface area contributed by atoms with Crippen molar-refractivity contribution in [3.8, 4) is 6.07 Å². The van der Waals surface area contributed by atoms with Gasteiger partial charge in [0.1, 0.15) is 0 Å². The highest BCUT2D eigenvalue weighted by atomic mass is 16.5. The summed E-state index contributed by atoms with van der Waals surface area (Å²) in [6.45, 7) is 1.54. The Labute approximate surface area is 61.0 Å². The molecule has 56 valence electrons. The van der Waals surface area contributed by atoms with E-state index in [2.05, 4.69) is 11.4 Å². The quantitative estimate of drug-likeness (QED) is 0.593. The Kier molecular flexibility index (Phi) is 2.67. The molecule has 0 saturated carbocycles. The average Bonchev–Trinajstić information content (AvgIpc) is 2.37. The molecule has 1 saturated heterocycles. The highest BCUT2D eigenvalue weighted by Gasteiger charge is 2.22. The van der Waals surface area contributed by atoms with E-state index < -0.39 is 0 Å². The molecule has 1 fully saturated rings. The zero-order valence-electron chi connectivity index (χ0n) is 6.13. The monoisotopic (exact) mass is 140 g/mol. The Morgan fingerprint density at radius 3 is 3.10 bits per heavy atom. The van der Waals surface area contributed by atoms with Gasteiger partial charge in [0.15, 0.2) is 0 Å². The topological polar surface area (TPSA) is 45.0 Å². The molecule has 1 aliphatic heterocycles. The van der Waals surface area contributed by atoms with Crippen LogP contribution in [-0.4, -0.2) is 26.3 Å². The lowest BCUT2D eigenvalue weighted by molar-refractivity contribution is 0.173. The van der Waals surface area contributed by atoms with Crippen LogP contribution in [0.4, 0.5) is 0 Å². The highest BCUT2D eigenvalue weighted by Crippen LogP contribution is 2.12. The van der Waals surface area contributed by atoms with Crippen LogP contribution in [0.3, 0.4) is 0 Å². The molecule has 3 nitrogen and oxygen atoms in total. The maximum absolute atomic E-state index is 8.52. The van der Waals surface area contributed by atoms with Gasteiger partial charge in [-0.25, -0.2) is 0 Å². The van der Waals surface area contributed by atoms with Gasteiger partial charge in [-0.3, -0.25) is 0 Å². The summed E-state index contributed by atoms with van der Waals surface area (Å²) in [5.74, 6) is 0.195. The summed E-state index contributed by atoms with van der Waals surface area (Å²) in [5, 5.41) is 11.7. The van der Waals surface area contributed by atoms with E-state index in [9.17, 15) is 0 Å². The zero-order valence-corrected chi connectivity index (χ0v) is 6.13. The third-order valence-corrected chi connectivity index (χ3v) is 1.77. The second kappa shape index (κ2) is 3.55. The van der Waals surface area contributed by atoms with Gasteiger partial charge in [0, 0.05) is 19.7 Å². The fourth-order valence-corrected chi connectivity index (χ4v) is 1.25. The molecule has 0 bridgehead atoms. The van der Waals surface area contributed by atoms with E-state index in [4.69, 9.17) is 10.00 Å². The van der Waals surface area contributed by atoms with Crippen molar-refractivity contribution < 1.29 is 4.74 Å². The van der Waals surface area contributed by atoms with E-state index in [0.29, 0.717) is 6.04 Å². The number of nitriles is 1. The standard InChI is InChI=1S/C7H12N2O/c1-10-5-7-2-6(3-8)4-9-7/h6-7,9H,2,4-5H2,1H3/t6-,7-/m0/s1. The van der Waals surface area contributed by atoms with Crippen molar-refractivity contribution in [2.24, 2.45) is 5.92 Å². The fraction of sp³-hybridized carbons (Fsp3) is 0.857. The molecule has 1 rings (SSSR count). The Morgan fingerprint density at radius 2 is 2.60 bits per heavy atom.